The van der Waals surface area contributed by atoms with Crippen LogP contribution < -0.4 is 5.32 Å². The molecule has 0 heterocycles. The molecule has 2 atom stereocenters. The summed E-state index contributed by atoms with van der Waals surface area (Å²) in [5, 5.41) is 3.14. The van der Waals surface area contributed by atoms with E-state index in [1.165, 1.54) is 12.8 Å². The number of carbonyl (C=O) groups excluding carboxylic acids is 1. The zero-order valence-corrected chi connectivity index (χ0v) is 9.12. The van der Waals surface area contributed by atoms with Gasteiger partial charge in [-0.05, 0) is 37.9 Å². The van der Waals surface area contributed by atoms with Gasteiger partial charge >= 0.3 is 0 Å². The van der Waals surface area contributed by atoms with E-state index in [1.807, 2.05) is 0 Å². The van der Waals surface area contributed by atoms with E-state index in [9.17, 15) is 4.79 Å². The van der Waals surface area contributed by atoms with Crippen LogP contribution in [-0.2, 0) is 4.79 Å². The van der Waals surface area contributed by atoms with Crippen LogP contribution in [0.1, 0.15) is 32.6 Å². The molecule has 2 rings (SSSR count). The molecule has 0 bridgehead atoms. The Morgan fingerprint density at radius 3 is 2.46 bits per heavy atom. The maximum atomic E-state index is 11.8. The van der Waals surface area contributed by atoms with Crippen LogP contribution in [0, 0.1) is 5.92 Å². The summed E-state index contributed by atoms with van der Waals surface area (Å²) in [5.41, 5.74) is 0. The highest BCUT2D eigenvalue weighted by Crippen LogP contribution is 2.43. The summed E-state index contributed by atoms with van der Waals surface area (Å²) in [6.45, 7) is 2.19. The maximum absolute atomic E-state index is 11.8. The summed E-state index contributed by atoms with van der Waals surface area (Å²) >= 11 is 1.73. The molecule has 2 fully saturated rings. The predicted molar refractivity (Wildman–Crippen MR) is 55.8 cm³/mol. The second-order valence-corrected chi connectivity index (χ2v) is 5.53. The SMILES string of the molecule is CSC1(C(=O)N[C@@H]2C[C@H]2C)CCC1. The van der Waals surface area contributed by atoms with E-state index in [0.29, 0.717) is 17.9 Å². The van der Waals surface area contributed by atoms with Crippen molar-refractivity contribution in [3.63, 3.8) is 0 Å². The molecule has 74 valence electrons. The van der Waals surface area contributed by atoms with Crippen molar-refractivity contribution in [3.8, 4) is 0 Å². The Morgan fingerprint density at radius 2 is 2.15 bits per heavy atom. The maximum Gasteiger partial charge on any atom is 0.236 e. The third kappa shape index (κ3) is 1.58. The zero-order chi connectivity index (χ0) is 9.47. The van der Waals surface area contributed by atoms with E-state index in [2.05, 4.69) is 18.5 Å². The molecule has 1 N–H and O–H groups in total. The molecule has 0 aromatic heterocycles. The van der Waals surface area contributed by atoms with E-state index < -0.39 is 0 Å². The molecular formula is C10H17NOS. The van der Waals surface area contributed by atoms with Crippen LogP contribution in [0.4, 0.5) is 0 Å². The molecule has 0 aromatic rings. The predicted octanol–water partition coefficient (Wildman–Crippen LogP) is 1.80. The zero-order valence-electron chi connectivity index (χ0n) is 8.30. The van der Waals surface area contributed by atoms with Gasteiger partial charge in [0, 0.05) is 6.04 Å². The van der Waals surface area contributed by atoms with Crippen molar-refractivity contribution in [2.75, 3.05) is 6.26 Å². The van der Waals surface area contributed by atoms with E-state index in [0.717, 1.165) is 12.8 Å². The number of rotatable bonds is 3. The van der Waals surface area contributed by atoms with Gasteiger partial charge in [-0.15, -0.1) is 11.8 Å². The van der Waals surface area contributed by atoms with Gasteiger partial charge in [0.1, 0.15) is 0 Å². The number of thioether (sulfide) groups is 1. The largest absolute Gasteiger partial charge is 0.352 e. The van der Waals surface area contributed by atoms with Crippen molar-refractivity contribution >= 4 is 17.7 Å². The number of nitrogens with one attached hydrogen (secondary N) is 1. The Balaban J connectivity index is 1.88. The Morgan fingerprint density at radius 1 is 1.54 bits per heavy atom. The Bertz CT molecular complexity index is 219. The average Bonchev–Trinajstić information content (AvgIpc) is 2.65. The van der Waals surface area contributed by atoms with Gasteiger partial charge in [-0.3, -0.25) is 4.79 Å². The fourth-order valence-corrected chi connectivity index (χ4v) is 2.79. The van der Waals surface area contributed by atoms with E-state index in [-0.39, 0.29) is 4.75 Å². The Hall–Kier alpha value is -0.180. The van der Waals surface area contributed by atoms with Crippen molar-refractivity contribution < 1.29 is 4.79 Å². The van der Waals surface area contributed by atoms with Crippen LogP contribution in [0.3, 0.4) is 0 Å². The summed E-state index contributed by atoms with van der Waals surface area (Å²) < 4.78 is -0.0533. The van der Waals surface area contributed by atoms with Crippen molar-refractivity contribution in [1.29, 1.82) is 0 Å². The second kappa shape index (κ2) is 3.19. The fourth-order valence-electron chi connectivity index (χ4n) is 1.84. The number of amides is 1. The highest BCUT2D eigenvalue weighted by atomic mass is 32.2. The Labute approximate surface area is 83.8 Å². The molecule has 0 aliphatic heterocycles. The van der Waals surface area contributed by atoms with Crippen LogP contribution >= 0.6 is 11.8 Å². The molecule has 2 nitrogen and oxygen atoms in total. The van der Waals surface area contributed by atoms with Crippen molar-refractivity contribution in [2.24, 2.45) is 5.92 Å². The smallest absolute Gasteiger partial charge is 0.236 e. The normalized spacial score (nSPS) is 34.9. The molecule has 0 radical (unpaired) electrons. The van der Waals surface area contributed by atoms with E-state index >= 15 is 0 Å². The number of hydrogen-bond donors (Lipinski definition) is 1. The molecular weight excluding hydrogens is 182 g/mol. The van der Waals surface area contributed by atoms with Crippen molar-refractivity contribution in [1.82, 2.24) is 5.32 Å². The first-order valence-corrected chi connectivity index (χ1v) is 6.26. The molecule has 1 amide bonds. The first kappa shape index (κ1) is 9.38. The van der Waals surface area contributed by atoms with E-state index in [4.69, 9.17) is 0 Å². The molecule has 3 heteroatoms. The first-order valence-electron chi connectivity index (χ1n) is 5.04. The third-order valence-electron chi connectivity index (χ3n) is 3.39. The van der Waals surface area contributed by atoms with Gasteiger partial charge in [0.15, 0.2) is 0 Å². The van der Waals surface area contributed by atoms with Crippen LogP contribution in [0.15, 0.2) is 0 Å². The standard InChI is InChI=1S/C10H17NOS/c1-7-6-8(7)11-9(12)10(13-2)4-3-5-10/h7-8H,3-6H2,1-2H3,(H,11,12)/t7-,8-/m1/s1. The lowest BCUT2D eigenvalue weighted by Gasteiger charge is -2.38. The lowest BCUT2D eigenvalue weighted by atomic mass is 9.83. The van der Waals surface area contributed by atoms with Gasteiger partial charge in [-0.25, -0.2) is 0 Å². The minimum atomic E-state index is -0.0533. The summed E-state index contributed by atoms with van der Waals surface area (Å²) in [6.07, 6.45) is 6.59. The van der Waals surface area contributed by atoms with Crippen molar-refractivity contribution in [3.05, 3.63) is 0 Å². The summed E-state index contributed by atoms with van der Waals surface area (Å²) in [7, 11) is 0. The monoisotopic (exact) mass is 199 g/mol. The van der Waals surface area contributed by atoms with Gasteiger partial charge in [0.2, 0.25) is 5.91 Å². The summed E-state index contributed by atoms with van der Waals surface area (Å²) in [5.74, 6) is 1.00. The molecule has 2 saturated carbocycles. The third-order valence-corrected chi connectivity index (χ3v) is 4.77. The average molecular weight is 199 g/mol. The van der Waals surface area contributed by atoms with Gasteiger partial charge < -0.3 is 5.32 Å². The molecule has 2 aliphatic carbocycles. The Kier molecular flexibility index (Phi) is 2.30. The van der Waals surface area contributed by atoms with Gasteiger partial charge in [0.05, 0.1) is 4.75 Å². The molecule has 13 heavy (non-hydrogen) atoms. The summed E-state index contributed by atoms with van der Waals surface area (Å²) in [6, 6.07) is 0.483. The molecule has 0 spiro atoms. The quantitative estimate of drug-likeness (QED) is 0.751. The van der Waals surface area contributed by atoms with Gasteiger partial charge in [-0.2, -0.15) is 0 Å². The summed E-state index contributed by atoms with van der Waals surface area (Å²) in [4.78, 5) is 11.8. The lowest BCUT2D eigenvalue weighted by Crippen LogP contribution is -2.49. The minimum Gasteiger partial charge on any atom is -0.352 e. The van der Waals surface area contributed by atoms with Crippen LogP contribution in [0.25, 0.3) is 0 Å². The molecule has 0 unspecified atom stereocenters. The number of carbonyl (C=O) groups is 1. The topological polar surface area (TPSA) is 29.1 Å². The van der Waals surface area contributed by atoms with Gasteiger partial charge in [0.25, 0.3) is 0 Å². The fraction of sp³-hybridized carbons (Fsp3) is 0.900. The van der Waals surface area contributed by atoms with Crippen LogP contribution in [-0.4, -0.2) is 23.0 Å². The molecule has 0 saturated heterocycles. The highest BCUT2D eigenvalue weighted by molar-refractivity contribution is 8.00. The minimum absolute atomic E-state index is 0.0533. The second-order valence-electron chi connectivity index (χ2n) is 4.34. The molecule has 0 aromatic carbocycles. The van der Waals surface area contributed by atoms with Crippen molar-refractivity contribution in [2.45, 2.75) is 43.4 Å². The van der Waals surface area contributed by atoms with Crippen LogP contribution in [0.5, 0.6) is 0 Å². The van der Waals surface area contributed by atoms with E-state index in [1.54, 1.807) is 11.8 Å². The highest BCUT2D eigenvalue weighted by Gasteiger charge is 2.46. The number of hydrogen-bond acceptors (Lipinski definition) is 2. The first-order chi connectivity index (χ1) is 6.18. The molecule has 2 aliphatic rings. The van der Waals surface area contributed by atoms with Crippen LogP contribution in [0.2, 0.25) is 0 Å². The van der Waals surface area contributed by atoms with Gasteiger partial charge in [-0.1, -0.05) is 6.92 Å². The lowest BCUT2D eigenvalue weighted by molar-refractivity contribution is -0.125.